The Hall–Kier alpha value is -2.33. The van der Waals surface area contributed by atoms with Crippen molar-refractivity contribution >= 4 is 34.0 Å². The standard InChI is InChI=1S/C17H16ClN3O/c1-11(2)22-15-10-6-5-9-14(15)19-16-12-7-3-4-8-13(12)20-17(18)21-16/h3-11H,1-2H3,(H,19,20,21). The Kier molecular flexibility index (Phi) is 4.11. The number of fused-ring (bicyclic) bond motifs is 1. The van der Waals surface area contributed by atoms with Crippen molar-refractivity contribution in [2.24, 2.45) is 0 Å². The first-order chi connectivity index (χ1) is 10.6. The predicted molar refractivity (Wildman–Crippen MR) is 90.0 cm³/mol. The van der Waals surface area contributed by atoms with Gasteiger partial charge in [-0.3, -0.25) is 0 Å². The fourth-order valence-corrected chi connectivity index (χ4v) is 2.37. The minimum absolute atomic E-state index is 0.0914. The number of anilines is 2. The number of nitrogens with one attached hydrogen (secondary N) is 1. The summed E-state index contributed by atoms with van der Waals surface area (Å²) in [6.07, 6.45) is 0.0914. The highest BCUT2D eigenvalue weighted by molar-refractivity contribution is 6.28. The molecule has 0 aliphatic heterocycles. The van der Waals surface area contributed by atoms with Gasteiger partial charge in [-0.15, -0.1) is 0 Å². The third-order valence-electron chi connectivity index (χ3n) is 3.08. The molecule has 0 fully saturated rings. The summed E-state index contributed by atoms with van der Waals surface area (Å²) in [5.41, 5.74) is 1.64. The van der Waals surface area contributed by atoms with Crippen LogP contribution in [0.25, 0.3) is 10.9 Å². The Morgan fingerprint density at radius 2 is 1.73 bits per heavy atom. The molecule has 0 spiro atoms. The summed E-state index contributed by atoms with van der Waals surface area (Å²) in [6, 6.07) is 15.5. The van der Waals surface area contributed by atoms with Gasteiger partial charge < -0.3 is 10.1 Å². The molecule has 0 aliphatic rings. The second-order valence-electron chi connectivity index (χ2n) is 5.15. The van der Waals surface area contributed by atoms with E-state index in [-0.39, 0.29) is 11.4 Å². The van der Waals surface area contributed by atoms with Crippen molar-refractivity contribution in [3.63, 3.8) is 0 Å². The molecule has 0 amide bonds. The summed E-state index contributed by atoms with van der Waals surface area (Å²) in [6.45, 7) is 3.99. The number of hydrogen-bond acceptors (Lipinski definition) is 4. The van der Waals surface area contributed by atoms with E-state index in [1.54, 1.807) is 0 Å². The molecule has 112 valence electrons. The predicted octanol–water partition coefficient (Wildman–Crippen LogP) is 4.81. The number of benzene rings is 2. The molecule has 0 bridgehead atoms. The van der Waals surface area contributed by atoms with Gasteiger partial charge in [0, 0.05) is 5.39 Å². The van der Waals surface area contributed by atoms with Crippen molar-refractivity contribution in [3.05, 3.63) is 53.8 Å². The maximum absolute atomic E-state index is 6.02. The highest BCUT2D eigenvalue weighted by Crippen LogP contribution is 2.31. The molecule has 5 heteroatoms. The lowest BCUT2D eigenvalue weighted by molar-refractivity contribution is 0.244. The van der Waals surface area contributed by atoms with E-state index in [1.165, 1.54) is 0 Å². The first kappa shape index (κ1) is 14.6. The highest BCUT2D eigenvalue weighted by atomic mass is 35.5. The zero-order chi connectivity index (χ0) is 15.5. The van der Waals surface area contributed by atoms with Crippen molar-refractivity contribution in [1.29, 1.82) is 0 Å². The Labute approximate surface area is 134 Å². The number of aromatic nitrogens is 2. The molecule has 0 radical (unpaired) electrons. The van der Waals surface area contributed by atoms with E-state index in [9.17, 15) is 0 Å². The molecule has 3 aromatic rings. The molecular formula is C17H16ClN3O. The number of hydrogen-bond donors (Lipinski definition) is 1. The lowest BCUT2D eigenvalue weighted by Crippen LogP contribution is -2.07. The second-order valence-corrected chi connectivity index (χ2v) is 5.48. The first-order valence-corrected chi connectivity index (χ1v) is 7.46. The lowest BCUT2D eigenvalue weighted by atomic mass is 10.2. The van der Waals surface area contributed by atoms with Gasteiger partial charge in [-0.05, 0) is 49.7 Å². The molecule has 1 N–H and O–H groups in total. The molecule has 0 aliphatic carbocycles. The van der Waals surface area contributed by atoms with Gasteiger partial charge in [0.15, 0.2) is 0 Å². The summed E-state index contributed by atoms with van der Waals surface area (Å²) < 4.78 is 5.82. The van der Waals surface area contributed by atoms with Crippen molar-refractivity contribution in [1.82, 2.24) is 9.97 Å². The van der Waals surface area contributed by atoms with Gasteiger partial charge in [0.2, 0.25) is 5.28 Å². The highest BCUT2D eigenvalue weighted by Gasteiger charge is 2.10. The van der Waals surface area contributed by atoms with Crippen LogP contribution in [0.15, 0.2) is 48.5 Å². The minimum Gasteiger partial charge on any atom is -0.489 e. The number of rotatable bonds is 4. The molecule has 0 unspecified atom stereocenters. The average molecular weight is 314 g/mol. The summed E-state index contributed by atoms with van der Waals surface area (Å²) in [5.74, 6) is 1.44. The van der Waals surface area contributed by atoms with E-state index >= 15 is 0 Å². The zero-order valence-corrected chi connectivity index (χ0v) is 13.1. The molecule has 1 heterocycles. The Bertz CT molecular complexity index is 805. The fourth-order valence-electron chi connectivity index (χ4n) is 2.20. The molecule has 2 aromatic carbocycles. The van der Waals surface area contributed by atoms with Crippen molar-refractivity contribution in [3.8, 4) is 5.75 Å². The van der Waals surface area contributed by atoms with Crippen LogP contribution in [0.5, 0.6) is 5.75 Å². The minimum atomic E-state index is 0.0914. The third-order valence-corrected chi connectivity index (χ3v) is 3.25. The summed E-state index contributed by atoms with van der Waals surface area (Å²) in [7, 11) is 0. The fraction of sp³-hybridized carbons (Fsp3) is 0.176. The van der Waals surface area contributed by atoms with Gasteiger partial charge in [0.05, 0.1) is 17.3 Å². The topological polar surface area (TPSA) is 47.0 Å². The SMILES string of the molecule is CC(C)Oc1ccccc1Nc1nc(Cl)nc2ccccc12. The summed E-state index contributed by atoms with van der Waals surface area (Å²) >= 11 is 6.02. The van der Waals surface area contributed by atoms with Gasteiger partial charge in [0.25, 0.3) is 0 Å². The Morgan fingerprint density at radius 1 is 1.00 bits per heavy atom. The van der Waals surface area contributed by atoms with Gasteiger partial charge in [0.1, 0.15) is 11.6 Å². The van der Waals surface area contributed by atoms with Crippen molar-refractivity contribution in [2.75, 3.05) is 5.32 Å². The van der Waals surface area contributed by atoms with Gasteiger partial charge >= 0.3 is 0 Å². The normalized spacial score (nSPS) is 10.9. The van der Waals surface area contributed by atoms with E-state index in [0.29, 0.717) is 5.82 Å². The number of halogens is 1. The lowest BCUT2D eigenvalue weighted by Gasteiger charge is -2.16. The molecule has 1 aromatic heterocycles. The smallest absolute Gasteiger partial charge is 0.224 e. The largest absolute Gasteiger partial charge is 0.489 e. The molecule has 3 rings (SSSR count). The monoisotopic (exact) mass is 313 g/mol. The van der Waals surface area contributed by atoms with Crippen LogP contribution in [-0.2, 0) is 0 Å². The van der Waals surface area contributed by atoms with Crippen LogP contribution in [0.1, 0.15) is 13.8 Å². The molecular weight excluding hydrogens is 298 g/mol. The van der Waals surface area contributed by atoms with Crippen LogP contribution in [0.3, 0.4) is 0 Å². The number of ether oxygens (including phenoxy) is 1. The number of para-hydroxylation sites is 3. The van der Waals surface area contributed by atoms with Gasteiger partial charge in [-0.2, -0.15) is 4.98 Å². The maximum Gasteiger partial charge on any atom is 0.224 e. The summed E-state index contributed by atoms with van der Waals surface area (Å²) in [4.78, 5) is 8.54. The van der Waals surface area contributed by atoms with Crippen LogP contribution < -0.4 is 10.1 Å². The third kappa shape index (κ3) is 3.12. The van der Waals surface area contributed by atoms with E-state index in [1.807, 2.05) is 62.4 Å². The quantitative estimate of drug-likeness (QED) is 0.702. The van der Waals surface area contributed by atoms with Crippen LogP contribution in [0, 0.1) is 0 Å². The van der Waals surface area contributed by atoms with Crippen LogP contribution >= 0.6 is 11.6 Å². The van der Waals surface area contributed by atoms with Crippen LogP contribution in [0.4, 0.5) is 11.5 Å². The summed E-state index contributed by atoms with van der Waals surface area (Å²) in [5, 5.41) is 4.42. The average Bonchev–Trinajstić information content (AvgIpc) is 2.48. The van der Waals surface area contributed by atoms with Crippen LogP contribution in [0.2, 0.25) is 5.28 Å². The van der Waals surface area contributed by atoms with Crippen molar-refractivity contribution < 1.29 is 4.74 Å². The van der Waals surface area contributed by atoms with E-state index in [2.05, 4.69) is 15.3 Å². The zero-order valence-electron chi connectivity index (χ0n) is 12.4. The molecule has 0 saturated heterocycles. The van der Waals surface area contributed by atoms with E-state index < -0.39 is 0 Å². The van der Waals surface area contributed by atoms with Gasteiger partial charge in [-0.1, -0.05) is 24.3 Å². The molecule has 4 nitrogen and oxygen atoms in total. The van der Waals surface area contributed by atoms with Crippen LogP contribution in [-0.4, -0.2) is 16.1 Å². The second kappa shape index (κ2) is 6.20. The molecule has 22 heavy (non-hydrogen) atoms. The van der Waals surface area contributed by atoms with Gasteiger partial charge in [-0.25, -0.2) is 4.98 Å². The van der Waals surface area contributed by atoms with E-state index in [4.69, 9.17) is 16.3 Å². The first-order valence-electron chi connectivity index (χ1n) is 7.08. The molecule has 0 saturated carbocycles. The molecule has 0 atom stereocenters. The van der Waals surface area contributed by atoms with E-state index in [0.717, 1.165) is 22.3 Å². The maximum atomic E-state index is 6.02. The number of nitrogens with zero attached hydrogens (tertiary/aromatic N) is 2. The Morgan fingerprint density at radius 3 is 2.55 bits per heavy atom. The van der Waals surface area contributed by atoms with Crippen molar-refractivity contribution in [2.45, 2.75) is 20.0 Å². The Balaban J connectivity index is 2.04.